The molecule has 1 amide bonds. The van der Waals surface area contributed by atoms with E-state index >= 15 is 0 Å². The maximum absolute atomic E-state index is 12.9. The highest BCUT2D eigenvalue weighted by molar-refractivity contribution is 6.51. The molecule has 5 nitrogen and oxygen atoms in total. The maximum Gasteiger partial charge on any atom is 0.300 e. The van der Waals surface area contributed by atoms with E-state index in [0.29, 0.717) is 21.8 Å². The lowest BCUT2D eigenvalue weighted by Gasteiger charge is -2.25. The smallest absolute Gasteiger partial charge is 0.300 e. The minimum absolute atomic E-state index is 0.0392. The lowest BCUT2D eigenvalue weighted by molar-refractivity contribution is -0.132. The van der Waals surface area contributed by atoms with E-state index in [0.717, 1.165) is 0 Å². The van der Waals surface area contributed by atoms with Crippen molar-refractivity contribution < 1.29 is 14.7 Å². The summed E-state index contributed by atoms with van der Waals surface area (Å²) in [4.78, 5) is 31.1. The van der Waals surface area contributed by atoms with Crippen LogP contribution in [0.25, 0.3) is 5.76 Å². The highest BCUT2D eigenvalue weighted by Gasteiger charge is 2.46. The van der Waals surface area contributed by atoms with E-state index in [9.17, 15) is 14.7 Å². The maximum atomic E-state index is 12.9. The van der Waals surface area contributed by atoms with Gasteiger partial charge in [-0.3, -0.25) is 19.5 Å². The first kappa shape index (κ1) is 17.9. The van der Waals surface area contributed by atoms with E-state index in [-0.39, 0.29) is 11.3 Å². The van der Waals surface area contributed by atoms with E-state index in [1.165, 1.54) is 17.3 Å². The first-order valence-electron chi connectivity index (χ1n) is 8.60. The third kappa shape index (κ3) is 3.06. The second-order valence-corrected chi connectivity index (χ2v) is 6.73. The molecule has 6 heteroatoms. The molecule has 0 spiro atoms. The fraction of sp³-hybridized carbons (Fsp3) is 0.0455. The number of hydrogen-bond acceptors (Lipinski definition) is 4. The predicted molar refractivity (Wildman–Crippen MR) is 107 cm³/mol. The van der Waals surface area contributed by atoms with Gasteiger partial charge in [0, 0.05) is 28.7 Å². The molecular formula is C22H15ClN2O3. The molecule has 1 N–H and O–H groups in total. The van der Waals surface area contributed by atoms with Gasteiger partial charge in [-0.1, -0.05) is 41.9 Å². The summed E-state index contributed by atoms with van der Waals surface area (Å²) in [6, 6.07) is 18.2. The Labute approximate surface area is 166 Å². The van der Waals surface area contributed by atoms with Crippen LogP contribution in [0.1, 0.15) is 17.2 Å². The fourth-order valence-corrected chi connectivity index (χ4v) is 3.44. The van der Waals surface area contributed by atoms with Crippen LogP contribution in [-0.2, 0) is 9.59 Å². The fourth-order valence-electron chi connectivity index (χ4n) is 3.32. The molecule has 2 heterocycles. The molecule has 1 aliphatic heterocycles. The van der Waals surface area contributed by atoms with Gasteiger partial charge in [0.15, 0.2) is 0 Å². The molecule has 2 aromatic carbocycles. The highest BCUT2D eigenvalue weighted by atomic mass is 35.5. The van der Waals surface area contributed by atoms with Crippen molar-refractivity contribution in [3.05, 3.63) is 101 Å². The van der Waals surface area contributed by atoms with Crippen molar-refractivity contribution in [2.45, 2.75) is 6.04 Å². The van der Waals surface area contributed by atoms with Crippen molar-refractivity contribution in [2.75, 3.05) is 4.90 Å². The number of benzene rings is 2. The summed E-state index contributed by atoms with van der Waals surface area (Å²) in [6.07, 6.45) is 3.03. The van der Waals surface area contributed by atoms with Gasteiger partial charge >= 0.3 is 0 Å². The summed E-state index contributed by atoms with van der Waals surface area (Å²) in [5.41, 5.74) is 1.70. The Bertz CT molecular complexity index is 1060. The number of halogens is 1. The van der Waals surface area contributed by atoms with Crippen LogP contribution >= 0.6 is 11.6 Å². The topological polar surface area (TPSA) is 70.5 Å². The summed E-state index contributed by atoms with van der Waals surface area (Å²) in [5, 5.41) is 11.4. The molecular weight excluding hydrogens is 376 g/mol. The third-order valence-electron chi connectivity index (χ3n) is 4.62. The zero-order valence-electron chi connectivity index (χ0n) is 14.6. The van der Waals surface area contributed by atoms with Crippen LogP contribution in [0.4, 0.5) is 5.69 Å². The monoisotopic (exact) mass is 390 g/mol. The molecule has 1 aromatic heterocycles. The minimum Gasteiger partial charge on any atom is -0.507 e. The molecule has 1 aliphatic rings. The number of aliphatic hydroxyl groups excluding tert-OH is 1. The van der Waals surface area contributed by atoms with Crippen LogP contribution in [0.5, 0.6) is 0 Å². The number of pyridine rings is 1. The second-order valence-electron chi connectivity index (χ2n) is 6.29. The van der Waals surface area contributed by atoms with Gasteiger partial charge < -0.3 is 5.11 Å². The zero-order valence-corrected chi connectivity index (χ0v) is 15.4. The Hall–Kier alpha value is -3.44. The lowest BCUT2D eigenvalue weighted by atomic mass is 9.95. The quantitative estimate of drug-likeness (QED) is 0.410. The number of aromatic nitrogens is 1. The average Bonchev–Trinajstić information content (AvgIpc) is 3.00. The molecule has 4 rings (SSSR count). The van der Waals surface area contributed by atoms with Crippen molar-refractivity contribution in [1.82, 2.24) is 4.98 Å². The van der Waals surface area contributed by atoms with Crippen LogP contribution in [0.3, 0.4) is 0 Å². The van der Waals surface area contributed by atoms with Gasteiger partial charge in [0.1, 0.15) is 5.76 Å². The third-order valence-corrected chi connectivity index (χ3v) is 4.87. The van der Waals surface area contributed by atoms with Gasteiger partial charge in [-0.2, -0.15) is 0 Å². The van der Waals surface area contributed by atoms with Crippen LogP contribution in [0, 0.1) is 0 Å². The number of carbonyl (C=O) groups is 2. The summed E-state index contributed by atoms with van der Waals surface area (Å²) in [6.45, 7) is 0. The van der Waals surface area contributed by atoms with Gasteiger partial charge in [0.25, 0.3) is 11.7 Å². The zero-order chi connectivity index (χ0) is 19.7. The molecule has 3 aromatic rings. The molecule has 0 aliphatic carbocycles. The van der Waals surface area contributed by atoms with Crippen LogP contribution in [0.2, 0.25) is 5.02 Å². The molecule has 0 radical (unpaired) electrons. The number of amides is 1. The average molecular weight is 391 g/mol. The summed E-state index contributed by atoms with van der Waals surface area (Å²) in [7, 11) is 0. The molecule has 0 bridgehead atoms. The minimum atomic E-state index is -0.754. The van der Waals surface area contributed by atoms with E-state index in [1.54, 1.807) is 36.4 Å². The van der Waals surface area contributed by atoms with E-state index in [1.807, 2.05) is 30.3 Å². The normalized spacial score (nSPS) is 18.5. The van der Waals surface area contributed by atoms with Crippen LogP contribution in [-0.4, -0.2) is 21.8 Å². The lowest BCUT2D eigenvalue weighted by Crippen LogP contribution is -2.29. The van der Waals surface area contributed by atoms with Gasteiger partial charge in [0.05, 0.1) is 11.6 Å². The first-order chi connectivity index (χ1) is 13.6. The number of Topliss-reactive ketones (excluding diaryl/α,β-unsaturated/α-hetero) is 1. The van der Waals surface area contributed by atoms with E-state index in [2.05, 4.69) is 4.98 Å². The predicted octanol–water partition coefficient (Wildman–Crippen LogP) is 4.36. The van der Waals surface area contributed by atoms with Crippen molar-refractivity contribution in [2.24, 2.45) is 0 Å². The highest BCUT2D eigenvalue weighted by Crippen LogP contribution is 2.42. The molecule has 1 saturated heterocycles. The van der Waals surface area contributed by atoms with Gasteiger partial charge in [-0.15, -0.1) is 0 Å². The largest absolute Gasteiger partial charge is 0.507 e. The summed E-state index contributed by atoms with van der Waals surface area (Å²) < 4.78 is 0. The van der Waals surface area contributed by atoms with Gasteiger partial charge in [-0.05, 0) is 42.0 Å². The van der Waals surface area contributed by atoms with Crippen molar-refractivity contribution in [3.8, 4) is 0 Å². The number of carbonyl (C=O) groups excluding carboxylic acids is 2. The van der Waals surface area contributed by atoms with Crippen LogP contribution in [0.15, 0.2) is 84.7 Å². The Morgan fingerprint density at radius 2 is 1.57 bits per heavy atom. The Morgan fingerprint density at radius 3 is 2.21 bits per heavy atom. The molecule has 0 saturated carbocycles. The van der Waals surface area contributed by atoms with E-state index in [4.69, 9.17) is 11.6 Å². The SMILES string of the molecule is O=C1C(=O)N(c2ccc(Cl)cc2)C(c2ccccc2)/C1=C(/O)c1ccncc1. The number of rotatable bonds is 3. The van der Waals surface area contributed by atoms with Crippen molar-refractivity contribution >= 4 is 34.7 Å². The van der Waals surface area contributed by atoms with Crippen LogP contribution < -0.4 is 4.90 Å². The molecule has 138 valence electrons. The Kier molecular flexibility index (Phi) is 4.67. The number of anilines is 1. The second kappa shape index (κ2) is 7.29. The van der Waals surface area contributed by atoms with Gasteiger partial charge in [-0.25, -0.2) is 0 Å². The molecule has 1 atom stereocenters. The standard InChI is InChI=1S/C22H15ClN2O3/c23-16-6-8-17(9-7-16)25-19(14-4-2-1-3-5-14)18(21(27)22(25)28)20(26)15-10-12-24-13-11-15/h1-13,19,26H/b20-18-. The molecule has 28 heavy (non-hydrogen) atoms. The number of hydrogen-bond donors (Lipinski definition) is 1. The van der Waals surface area contributed by atoms with Crippen molar-refractivity contribution in [1.29, 1.82) is 0 Å². The Balaban J connectivity index is 1.94. The molecule has 1 unspecified atom stereocenters. The van der Waals surface area contributed by atoms with E-state index < -0.39 is 17.7 Å². The van der Waals surface area contributed by atoms with Gasteiger partial charge in [0.2, 0.25) is 0 Å². The number of nitrogens with zero attached hydrogens (tertiary/aromatic N) is 2. The Morgan fingerprint density at radius 1 is 0.929 bits per heavy atom. The number of ketones is 1. The summed E-state index contributed by atoms with van der Waals surface area (Å²) >= 11 is 5.97. The first-order valence-corrected chi connectivity index (χ1v) is 8.97. The number of aliphatic hydroxyl groups is 1. The summed E-state index contributed by atoms with van der Waals surface area (Å²) in [5.74, 6) is -1.67. The van der Waals surface area contributed by atoms with Crippen molar-refractivity contribution in [3.63, 3.8) is 0 Å². The molecule has 1 fully saturated rings.